The number of carbonyl (C=O) groups excluding carboxylic acids is 1. The lowest BCUT2D eigenvalue weighted by Crippen LogP contribution is -2.40. The van der Waals surface area contributed by atoms with E-state index in [1.54, 1.807) is 0 Å². The summed E-state index contributed by atoms with van der Waals surface area (Å²) in [6, 6.07) is 7.84. The largest absolute Gasteiger partial charge is 0.333 e. The van der Waals surface area contributed by atoms with Crippen molar-refractivity contribution < 1.29 is 4.79 Å². The summed E-state index contributed by atoms with van der Waals surface area (Å²) in [5.74, 6) is 0.0207. The van der Waals surface area contributed by atoms with Crippen LogP contribution in [0.3, 0.4) is 0 Å². The van der Waals surface area contributed by atoms with Gasteiger partial charge in [0, 0.05) is 30.1 Å². The van der Waals surface area contributed by atoms with E-state index in [9.17, 15) is 4.79 Å². The number of benzene rings is 1. The first-order valence-corrected chi connectivity index (χ1v) is 8.62. The first-order valence-electron chi connectivity index (χ1n) is 7.36. The van der Waals surface area contributed by atoms with Crippen LogP contribution in [0.25, 0.3) is 10.6 Å². The second-order valence-electron chi connectivity index (χ2n) is 5.37. The van der Waals surface area contributed by atoms with E-state index < -0.39 is 0 Å². The molecule has 2 aromatic rings. The summed E-state index contributed by atoms with van der Waals surface area (Å²) in [6.07, 6.45) is 2.10. The standard InChI is InChI=1S/C16H18ClN3OS/c1-18-9-11-5-4-8-20(11)16(21)14-10-22-15(19-14)12-6-2-3-7-13(12)17/h2-3,6-7,10-11,18H,4-5,8-9H2,1H3. The summed E-state index contributed by atoms with van der Waals surface area (Å²) in [5, 5.41) is 6.43. The molecule has 1 atom stereocenters. The topological polar surface area (TPSA) is 45.2 Å². The van der Waals surface area contributed by atoms with Crippen LogP contribution in [0.4, 0.5) is 0 Å². The van der Waals surface area contributed by atoms with Gasteiger partial charge in [0.05, 0.1) is 5.02 Å². The maximum Gasteiger partial charge on any atom is 0.273 e. The SMILES string of the molecule is CNCC1CCCN1C(=O)c1csc(-c2ccccc2Cl)n1. The summed E-state index contributed by atoms with van der Waals surface area (Å²) in [7, 11) is 1.92. The fourth-order valence-corrected chi connectivity index (χ4v) is 3.94. The summed E-state index contributed by atoms with van der Waals surface area (Å²) < 4.78 is 0. The normalized spacial score (nSPS) is 17.9. The Labute approximate surface area is 139 Å². The zero-order chi connectivity index (χ0) is 15.5. The molecular formula is C16H18ClN3OS. The first kappa shape index (κ1) is 15.5. The molecule has 1 N–H and O–H groups in total. The van der Waals surface area contributed by atoms with Crippen LogP contribution in [0.1, 0.15) is 23.3 Å². The van der Waals surface area contributed by atoms with Gasteiger partial charge in [-0.05, 0) is 26.0 Å². The van der Waals surface area contributed by atoms with Crippen molar-refractivity contribution in [2.75, 3.05) is 20.1 Å². The third kappa shape index (κ3) is 3.02. The van der Waals surface area contributed by atoms with Crippen LogP contribution in [0.5, 0.6) is 0 Å². The molecule has 0 spiro atoms. The van der Waals surface area contributed by atoms with E-state index in [0.29, 0.717) is 10.7 Å². The van der Waals surface area contributed by atoms with Crippen molar-refractivity contribution in [3.8, 4) is 10.6 Å². The van der Waals surface area contributed by atoms with Crippen LogP contribution >= 0.6 is 22.9 Å². The van der Waals surface area contributed by atoms with Crippen LogP contribution in [-0.2, 0) is 0 Å². The minimum atomic E-state index is 0.0207. The highest BCUT2D eigenvalue weighted by molar-refractivity contribution is 7.13. The van der Waals surface area contributed by atoms with Crippen LogP contribution in [0.15, 0.2) is 29.6 Å². The van der Waals surface area contributed by atoms with E-state index in [4.69, 9.17) is 11.6 Å². The third-order valence-corrected chi connectivity index (χ3v) is 5.11. The molecule has 116 valence electrons. The summed E-state index contributed by atoms with van der Waals surface area (Å²) in [4.78, 5) is 19.1. The molecule has 1 saturated heterocycles. The molecule has 1 unspecified atom stereocenters. The number of hydrogen-bond donors (Lipinski definition) is 1. The highest BCUT2D eigenvalue weighted by atomic mass is 35.5. The molecule has 1 aliphatic rings. The lowest BCUT2D eigenvalue weighted by atomic mass is 10.2. The molecule has 1 aliphatic heterocycles. The molecule has 1 fully saturated rings. The van der Waals surface area contributed by atoms with Gasteiger partial charge in [-0.2, -0.15) is 0 Å². The summed E-state index contributed by atoms with van der Waals surface area (Å²) >= 11 is 7.66. The first-order chi connectivity index (χ1) is 10.7. The predicted octanol–water partition coefficient (Wildman–Crippen LogP) is 3.29. The molecule has 2 heterocycles. The Balaban J connectivity index is 1.82. The molecule has 1 aromatic carbocycles. The van der Waals surface area contributed by atoms with Gasteiger partial charge in [0.2, 0.25) is 0 Å². The Morgan fingerprint density at radius 1 is 1.50 bits per heavy atom. The average Bonchev–Trinajstić information content (AvgIpc) is 3.17. The number of thiazole rings is 1. The number of hydrogen-bond acceptors (Lipinski definition) is 4. The Hall–Kier alpha value is -1.43. The van der Waals surface area contributed by atoms with Crippen molar-refractivity contribution >= 4 is 28.8 Å². The molecule has 1 amide bonds. The van der Waals surface area contributed by atoms with Crippen LogP contribution < -0.4 is 5.32 Å². The van der Waals surface area contributed by atoms with Crippen molar-refractivity contribution in [1.82, 2.24) is 15.2 Å². The van der Waals surface area contributed by atoms with E-state index in [1.165, 1.54) is 11.3 Å². The Bertz CT molecular complexity index is 673. The molecule has 0 saturated carbocycles. The maximum absolute atomic E-state index is 12.7. The molecule has 3 rings (SSSR count). The van der Waals surface area contributed by atoms with Gasteiger partial charge < -0.3 is 10.2 Å². The summed E-state index contributed by atoms with van der Waals surface area (Å²) in [6.45, 7) is 1.64. The summed E-state index contributed by atoms with van der Waals surface area (Å²) in [5.41, 5.74) is 1.39. The minimum Gasteiger partial charge on any atom is -0.333 e. The monoisotopic (exact) mass is 335 g/mol. The fraction of sp³-hybridized carbons (Fsp3) is 0.375. The van der Waals surface area contributed by atoms with Crippen molar-refractivity contribution in [3.63, 3.8) is 0 Å². The van der Waals surface area contributed by atoms with Crippen LogP contribution in [0.2, 0.25) is 5.02 Å². The van der Waals surface area contributed by atoms with Crippen molar-refractivity contribution in [1.29, 1.82) is 0 Å². The number of aromatic nitrogens is 1. The zero-order valence-electron chi connectivity index (χ0n) is 12.4. The number of likely N-dealkylation sites (N-methyl/N-ethyl adjacent to an activating group) is 1. The molecule has 4 nitrogen and oxygen atoms in total. The van der Waals surface area contributed by atoms with Crippen molar-refractivity contribution in [3.05, 3.63) is 40.4 Å². The number of rotatable bonds is 4. The molecule has 0 aliphatic carbocycles. The lowest BCUT2D eigenvalue weighted by molar-refractivity contribution is 0.0732. The van der Waals surface area contributed by atoms with Gasteiger partial charge in [-0.3, -0.25) is 4.79 Å². The smallest absolute Gasteiger partial charge is 0.273 e. The van der Waals surface area contributed by atoms with Gasteiger partial charge in [-0.25, -0.2) is 4.98 Å². The zero-order valence-corrected chi connectivity index (χ0v) is 14.0. The van der Waals surface area contributed by atoms with Gasteiger partial charge in [0.15, 0.2) is 0 Å². The van der Waals surface area contributed by atoms with E-state index in [2.05, 4.69) is 10.3 Å². The number of likely N-dealkylation sites (tertiary alicyclic amines) is 1. The van der Waals surface area contributed by atoms with E-state index in [1.807, 2.05) is 41.6 Å². The molecule has 22 heavy (non-hydrogen) atoms. The number of nitrogens with one attached hydrogen (secondary N) is 1. The van der Waals surface area contributed by atoms with Gasteiger partial charge in [0.1, 0.15) is 10.7 Å². The van der Waals surface area contributed by atoms with Gasteiger partial charge in [0.25, 0.3) is 5.91 Å². The van der Waals surface area contributed by atoms with E-state index >= 15 is 0 Å². The number of amides is 1. The quantitative estimate of drug-likeness (QED) is 0.932. The Morgan fingerprint density at radius 2 is 2.32 bits per heavy atom. The lowest BCUT2D eigenvalue weighted by Gasteiger charge is -2.23. The van der Waals surface area contributed by atoms with Gasteiger partial charge in [-0.1, -0.05) is 29.8 Å². The molecule has 0 radical (unpaired) electrons. The van der Waals surface area contributed by atoms with E-state index in [0.717, 1.165) is 36.5 Å². The van der Waals surface area contributed by atoms with Crippen LogP contribution in [-0.4, -0.2) is 42.0 Å². The number of halogens is 1. The minimum absolute atomic E-state index is 0.0207. The number of nitrogens with zero attached hydrogens (tertiary/aromatic N) is 2. The predicted molar refractivity (Wildman–Crippen MR) is 90.5 cm³/mol. The number of carbonyl (C=O) groups is 1. The molecule has 6 heteroatoms. The van der Waals surface area contributed by atoms with Crippen molar-refractivity contribution in [2.45, 2.75) is 18.9 Å². The van der Waals surface area contributed by atoms with Gasteiger partial charge in [-0.15, -0.1) is 11.3 Å². The highest BCUT2D eigenvalue weighted by Gasteiger charge is 2.30. The van der Waals surface area contributed by atoms with Gasteiger partial charge >= 0.3 is 0 Å². The van der Waals surface area contributed by atoms with E-state index in [-0.39, 0.29) is 11.9 Å². The van der Waals surface area contributed by atoms with Crippen LogP contribution in [0, 0.1) is 0 Å². The fourth-order valence-electron chi connectivity index (χ4n) is 2.83. The second kappa shape index (κ2) is 6.77. The molecule has 1 aromatic heterocycles. The Morgan fingerprint density at radius 3 is 3.09 bits per heavy atom. The maximum atomic E-state index is 12.7. The average molecular weight is 336 g/mol. The Kier molecular flexibility index (Phi) is 4.76. The third-order valence-electron chi connectivity index (χ3n) is 3.91. The highest BCUT2D eigenvalue weighted by Crippen LogP contribution is 2.31. The molecule has 0 bridgehead atoms. The van der Waals surface area contributed by atoms with Crippen molar-refractivity contribution in [2.24, 2.45) is 0 Å². The molecular weight excluding hydrogens is 318 g/mol. The second-order valence-corrected chi connectivity index (χ2v) is 6.64.